The molecule has 0 amide bonds. The molecule has 1 heterocycles. The first-order valence-corrected chi connectivity index (χ1v) is 7.17. The van der Waals surface area contributed by atoms with Crippen LogP contribution in [0.25, 0.3) is 0 Å². The molecule has 1 aliphatic heterocycles. The smallest absolute Gasteiger partial charge is 0.0735 e. The van der Waals surface area contributed by atoms with Gasteiger partial charge in [0.15, 0.2) is 0 Å². The van der Waals surface area contributed by atoms with Gasteiger partial charge < -0.3 is 10.1 Å². The van der Waals surface area contributed by atoms with Crippen molar-refractivity contribution in [2.75, 3.05) is 13.1 Å². The van der Waals surface area contributed by atoms with Gasteiger partial charge in [0, 0.05) is 5.02 Å². The molecule has 1 aromatic rings. The number of ether oxygens (including phenoxy) is 1. The SMILES string of the molecule is Cc1ccc(COC2CC3CNCC3C2)c(Cl)c1. The van der Waals surface area contributed by atoms with E-state index in [1.807, 2.05) is 6.07 Å². The van der Waals surface area contributed by atoms with Crippen LogP contribution in [-0.2, 0) is 11.3 Å². The van der Waals surface area contributed by atoms with Crippen LogP contribution < -0.4 is 5.32 Å². The zero-order chi connectivity index (χ0) is 12.5. The highest BCUT2D eigenvalue weighted by molar-refractivity contribution is 6.31. The Morgan fingerprint density at radius 3 is 2.67 bits per heavy atom. The van der Waals surface area contributed by atoms with Gasteiger partial charge in [0.25, 0.3) is 0 Å². The molecule has 1 aromatic carbocycles. The van der Waals surface area contributed by atoms with Crippen molar-refractivity contribution in [1.82, 2.24) is 5.32 Å². The van der Waals surface area contributed by atoms with Gasteiger partial charge in [-0.15, -0.1) is 0 Å². The summed E-state index contributed by atoms with van der Waals surface area (Å²) in [5.74, 6) is 1.67. The highest BCUT2D eigenvalue weighted by Gasteiger charge is 2.37. The van der Waals surface area contributed by atoms with Crippen molar-refractivity contribution in [2.45, 2.75) is 32.5 Å². The molecule has 1 saturated carbocycles. The molecule has 0 radical (unpaired) electrons. The molecular formula is C15H20ClNO. The fourth-order valence-electron chi connectivity index (χ4n) is 3.22. The Bertz CT molecular complexity index is 423. The number of hydrogen-bond donors (Lipinski definition) is 1. The van der Waals surface area contributed by atoms with E-state index < -0.39 is 0 Å². The Balaban J connectivity index is 1.55. The zero-order valence-corrected chi connectivity index (χ0v) is 11.5. The van der Waals surface area contributed by atoms with Crippen molar-refractivity contribution in [1.29, 1.82) is 0 Å². The summed E-state index contributed by atoms with van der Waals surface area (Å²) in [6.45, 7) is 5.06. The number of fused-ring (bicyclic) bond motifs is 1. The average Bonchev–Trinajstić information content (AvgIpc) is 2.88. The third-order valence-corrected chi connectivity index (χ3v) is 4.65. The van der Waals surface area contributed by atoms with E-state index in [-0.39, 0.29) is 0 Å². The monoisotopic (exact) mass is 265 g/mol. The molecule has 2 nitrogen and oxygen atoms in total. The third-order valence-electron chi connectivity index (χ3n) is 4.29. The first-order valence-electron chi connectivity index (χ1n) is 6.79. The van der Waals surface area contributed by atoms with Gasteiger partial charge in [-0.2, -0.15) is 0 Å². The van der Waals surface area contributed by atoms with E-state index in [0.29, 0.717) is 12.7 Å². The van der Waals surface area contributed by atoms with Gasteiger partial charge in [-0.1, -0.05) is 23.7 Å². The van der Waals surface area contributed by atoms with Crippen LogP contribution >= 0.6 is 11.6 Å². The lowest BCUT2D eigenvalue weighted by molar-refractivity contribution is 0.0405. The fourth-order valence-corrected chi connectivity index (χ4v) is 3.51. The van der Waals surface area contributed by atoms with Gasteiger partial charge in [0.05, 0.1) is 12.7 Å². The van der Waals surface area contributed by atoms with E-state index in [1.165, 1.54) is 31.5 Å². The van der Waals surface area contributed by atoms with Gasteiger partial charge >= 0.3 is 0 Å². The zero-order valence-electron chi connectivity index (χ0n) is 10.8. The van der Waals surface area contributed by atoms with Crippen molar-refractivity contribution in [2.24, 2.45) is 11.8 Å². The van der Waals surface area contributed by atoms with Crippen LogP contribution in [0.5, 0.6) is 0 Å². The Morgan fingerprint density at radius 1 is 1.28 bits per heavy atom. The van der Waals surface area contributed by atoms with E-state index in [0.717, 1.165) is 22.4 Å². The number of aryl methyl sites for hydroxylation is 1. The second kappa shape index (κ2) is 5.20. The maximum Gasteiger partial charge on any atom is 0.0735 e. The maximum atomic E-state index is 6.22. The molecule has 0 aromatic heterocycles. The first kappa shape index (κ1) is 12.5. The molecular weight excluding hydrogens is 246 g/mol. The van der Waals surface area contributed by atoms with Crippen molar-refractivity contribution >= 4 is 11.6 Å². The Morgan fingerprint density at radius 2 is 2.00 bits per heavy atom. The van der Waals surface area contributed by atoms with Crippen molar-refractivity contribution < 1.29 is 4.74 Å². The van der Waals surface area contributed by atoms with E-state index in [2.05, 4.69) is 24.4 Å². The van der Waals surface area contributed by atoms with Gasteiger partial charge in [-0.3, -0.25) is 0 Å². The second-order valence-corrected chi connectivity index (χ2v) is 6.08. The maximum absolute atomic E-state index is 6.22. The Hall–Kier alpha value is -0.570. The molecule has 2 unspecified atom stereocenters. The van der Waals surface area contributed by atoms with E-state index in [1.54, 1.807) is 0 Å². The van der Waals surface area contributed by atoms with Gasteiger partial charge in [-0.05, 0) is 61.9 Å². The minimum absolute atomic E-state index is 0.430. The normalized spacial score (nSPS) is 30.7. The van der Waals surface area contributed by atoms with Crippen LogP contribution in [0.1, 0.15) is 24.0 Å². The summed E-state index contributed by atoms with van der Waals surface area (Å²) in [7, 11) is 0. The fraction of sp³-hybridized carbons (Fsp3) is 0.600. The van der Waals surface area contributed by atoms with E-state index in [9.17, 15) is 0 Å². The highest BCUT2D eigenvalue weighted by atomic mass is 35.5. The van der Waals surface area contributed by atoms with E-state index in [4.69, 9.17) is 16.3 Å². The number of nitrogens with one attached hydrogen (secondary N) is 1. The molecule has 0 bridgehead atoms. The molecule has 2 atom stereocenters. The lowest BCUT2D eigenvalue weighted by Crippen LogP contribution is -2.16. The molecule has 3 rings (SSSR count). The largest absolute Gasteiger partial charge is 0.373 e. The Labute approximate surface area is 114 Å². The lowest BCUT2D eigenvalue weighted by atomic mass is 10.0. The molecule has 1 saturated heterocycles. The van der Waals surface area contributed by atoms with Crippen molar-refractivity contribution in [3.05, 3.63) is 34.3 Å². The molecule has 2 fully saturated rings. The molecule has 3 heteroatoms. The minimum Gasteiger partial charge on any atom is -0.373 e. The lowest BCUT2D eigenvalue weighted by Gasteiger charge is -2.14. The summed E-state index contributed by atoms with van der Waals surface area (Å²) in [5, 5.41) is 4.29. The van der Waals surface area contributed by atoms with Crippen molar-refractivity contribution in [3.63, 3.8) is 0 Å². The standard InChI is InChI=1S/C15H20ClNO/c1-10-2-3-11(15(16)4-10)9-18-14-5-12-7-17-8-13(12)6-14/h2-4,12-14,17H,5-9H2,1H3. The van der Waals surface area contributed by atoms with Crippen molar-refractivity contribution in [3.8, 4) is 0 Å². The molecule has 2 aliphatic rings. The molecule has 1 N–H and O–H groups in total. The molecule has 1 aliphatic carbocycles. The summed E-state index contributed by atoms with van der Waals surface area (Å²) < 4.78 is 6.03. The summed E-state index contributed by atoms with van der Waals surface area (Å²) in [4.78, 5) is 0. The molecule has 98 valence electrons. The van der Waals surface area contributed by atoms with Gasteiger partial charge in [-0.25, -0.2) is 0 Å². The van der Waals surface area contributed by atoms with Crippen LogP contribution in [0.15, 0.2) is 18.2 Å². The summed E-state index contributed by atoms with van der Waals surface area (Å²) >= 11 is 6.22. The predicted octanol–water partition coefficient (Wildman–Crippen LogP) is 3.16. The topological polar surface area (TPSA) is 21.3 Å². The van der Waals surface area contributed by atoms with Crippen LogP contribution in [0.3, 0.4) is 0 Å². The van der Waals surface area contributed by atoms with Crippen LogP contribution in [0, 0.1) is 18.8 Å². The van der Waals surface area contributed by atoms with Crippen LogP contribution in [-0.4, -0.2) is 19.2 Å². The van der Waals surface area contributed by atoms with Gasteiger partial charge in [0.2, 0.25) is 0 Å². The quantitative estimate of drug-likeness (QED) is 0.907. The first-order chi connectivity index (χ1) is 8.72. The van der Waals surface area contributed by atoms with Crippen LogP contribution in [0.2, 0.25) is 5.02 Å². The summed E-state index contributed by atoms with van der Waals surface area (Å²) in [6.07, 6.45) is 2.85. The molecule has 18 heavy (non-hydrogen) atoms. The minimum atomic E-state index is 0.430. The summed E-state index contributed by atoms with van der Waals surface area (Å²) in [5.41, 5.74) is 2.31. The Kier molecular flexibility index (Phi) is 3.60. The summed E-state index contributed by atoms with van der Waals surface area (Å²) in [6, 6.07) is 6.18. The van der Waals surface area contributed by atoms with E-state index >= 15 is 0 Å². The molecule has 0 spiro atoms. The number of hydrogen-bond acceptors (Lipinski definition) is 2. The number of rotatable bonds is 3. The van der Waals surface area contributed by atoms with Gasteiger partial charge in [0.1, 0.15) is 0 Å². The third kappa shape index (κ3) is 2.56. The van der Waals surface area contributed by atoms with Crippen LogP contribution in [0.4, 0.5) is 0 Å². The highest BCUT2D eigenvalue weighted by Crippen LogP contribution is 2.36. The second-order valence-electron chi connectivity index (χ2n) is 5.68. The predicted molar refractivity (Wildman–Crippen MR) is 73.8 cm³/mol. The number of benzene rings is 1. The average molecular weight is 266 g/mol. The number of halogens is 1.